The highest BCUT2D eigenvalue weighted by Gasteiger charge is 2.27. The first-order valence-electron chi connectivity index (χ1n) is 10.7. The number of hydrogen-bond donors (Lipinski definition) is 1. The van der Waals surface area contributed by atoms with Gasteiger partial charge < -0.3 is 4.57 Å². The first kappa shape index (κ1) is 26.0. The van der Waals surface area contributed by atoms with Crippen molar-refractivity contribution in [2.75, 3.05) is 5.75 Å². The van der Waals surface area contributed by atoms with Gasteiger partial charge in [0.25, 0.3) is 5.91 Å². The standard InChI is InChI=1S/C23H25ClF3N3O3S/c1-3-4-5-10-34(32,33)29-22(31)17-8-9-20-21(12-17)30(15(2)28-20)14-18-7-6-16(11-19(18)24)13-23(25,26)27/h6-9,11-12H,3-5,10,13-14H2,1-2H3,(H,29,31). The van der Waals surface area contributed by atoms with Crippen LogP contribution < -0.4 is 4.72 Å². The molecule has 0 spiro atoms. The summed E-state index contributed by atoms with van der Waals surface area (Å²) in [6.07, 6.45) is -3.33. The third-order valence-electron chi connectivity index (χ3n) is 5.32. The van der Waals surface area contributed by atoms with Crippen molar-refractivity contribution in [3.8, 4) is 0 Å². The Morgan fingerprint density at radius 2 is 1.88 bits per heavy atom. The minimum absolute atomic E-state index is 0.0626. The van der Waals surface area contributed by atoms with Gasteiger partial charge in [0.2, 0.25) is 10.0 Å². The summed E-state index contributed by atoms with van der Waals surface area (Å²) in [5.74, 6) is -0.261. The topological polar surface area (TPSA) is 81.1 Å². The van der Waals surface area contributed by atoms with Crippen molar-refractivity contribution in [1.82, 2.24) is 14.3 Å². The molecule has 1 N–H and O–H groups in total. The van der Waals surface area contributed by atoms with E-state index in [0.717, 1.165) is 12.8 Å². The van der Waals surface area contributed by atoms with E-state index in [9.17, 15) is 26.4 Å². The Balaban J connectivity index is 1.85. The molecule has 0 aliphatic carbocycles. The van der Waals surface area contributed by atoms with Gasteiger partial charge in [0.05, 0.1) is 29.8 Å². The Kier molecular flexibility index (Phi) is 7.92. The number of aromatic nitrogens is 2. The number of imidazole rings is 1. The molecule has 3 aromatic rings. The summed E-state index contributed by atoms with van der Waals surface area (Å²) in [7, 11) is -3.75. The number of rotatable bonds is 9. The number of aryl methyl sites for hydroxylation is 1. The van der Waals surface area contributed by atoms with Crippen molar-refractivity contribution >= 4 is 38.6 Å². The molecule has 6 nitrogen and oxygen atoms in total. The zero-order valence-electron chi connectivity index (χ0n) is 18.7. The van der Waals surface area contributed by atoms with E-state index in [2.05, 4.69) is 9.71 Å². The summed E-state index contributed by atoms with van der Waals surface area (Å²) >= 11 is 6.25. The second kappa shape index (κ2) is 10.4. The summed E-state index contributed by atoms with van der Waals surface area (Å²) in [5, 5.41) is 0.190. The average molecular weight is 516 g/mol. The first-order chi connectivity index (χ1) is 15.9. The number of nitrogens with zero attached hydrogens (tertiary/aromatic N) is 2. The Morgan fingerprint density at radius 1 is 1.15 bits per heavy atom. The van der Waals surface area contributed by atoms with Crippen LogP contribution in [-0.2, 0) is 23.0 Å². The SMILES string of the molecule is CCCCCS(=O)(=O)NC(=O)c1ccc2nc(C)n(Cc3ccc(CC(F)(F)F)cc3Cl)c2c1. The van der Waals surface area contributed by atoms with Crippen molar-refractivity contribution in [2.45, 2.75) is 52.3 Å². The highest BCUT2D eigenvalue weighted by Crippen LogP contribution is 2.27. The first-order valence-corrected chi connectivity index (χ1v) is 12.8. The molecule has 1 heterocycles. The van der Waals surface area contributed by atoms with Crippen molar-refractivity contribution in [3.63, 3.8) is 0 Å². The fourth-order valence-corrected chi connectivity index (χ4v) is 4.96. The van der Waals surface area contributed by atoms with Crippen molar-refractivity contribution in [3.05, 3.63) is 63.9 Å². The van der Waals surface area contributed by atoms with Crippen LogP contribution in [0.3, 0.4) is 0 Å². The number of sulfonamides is 1. The molecule has 0 saturated carbocycles. The van der Waals surface area contributed by atoms with Gasteiger partial charge in [-0.05, 0) is 48.7 Å². The molecule has 0 atom stereocenters. The lowest BCUT2D eigenvalue weighted by atomic mass is 10.1. The largest absolute Gasteiger partial charge is 0.393 e. The number of carbonyl (C=O) groups is 1. The smallest absolute Gasteiger partial charge is 0.324 e. The second-order valence-electron chi connectivity index (χ2n) is 8.12. The number of carbonyl (C=O) groups excluding carboxylic acids is 1. The Morgan fingerprint density at radius 3 is 2.53 bits per heavy atom. The highest BCUT2D eigenvalue weighted by molar-refractivity contribution is 7.90. The van der Waals surface area contributed by atoms with Gasteiger partial charge in [-0.1, -0.05) is 43.5 Å². The molecule has 34 heavy (non-hydrogen) atoms. The lowest BCUT2D eigenvalue weighted by Crippen LogP contribution is -2.32. The van der Waals surface area contributed by atoms with Crippen LogP contribution in [0.15, 0.2) is 36.4 Å². The molecular formula is C23H25ClF3N3O3S. The monoisotopic (exact) mass is 515 g/mol. The van der Waals surface area contributed by atoms with Crippen LogP contribution in [0.25, 0.3) is 11.0 Å². The van der Waals surface area contributed by atoms with Crippen molar-refractivity contribution in [1.29, 1.82) is 0 Å². The van der Waals surface area contributed by atoms with Gasteiger partial charge in [-0.25, -0.2) is 18.1 Å². The molecule has 0 unspecified atom stereocenters. The molecule has 0 aliphatic heterocycles. The summed E-state index contributed by atoms with van der Waals surface area (Å²) in [5.41, 5.74) is 1.96. The summed E-state index contributed by atoms with van der Waals surface area (Å²) in [6, 6.07) is 8.86. The molecule has 0 fully saturated rings. The van der Waals surface area contributed by atoms with Crippen molar-refractivity contribution in [2.24, 2.45) is 0 Å². The maximum absolute atomic E-state index is 12.7. The second-order valence-corrected chi connectivity index (χ2v) is 10.4. The third kappa shape index (κ3) is 6.73. The van der Waals surface area contributed by atoms with Gasteiger partial charge in [0.15, 0.2) is 0 Å². The molecular weight excluding hydrogens is 491 g/mol. The van der Waals surface area contributed by atoms with E-state index in [0.29, 0.717) is 28.8 Å². The minimum atomic E-state index is -4.33. The average Bonchev–Trinajstić information content (AvgIpc) is 3.03. The lowest BCUT2D eigenvalue weighted by molar-refractivity contribution is -0.127. The molecule has 0 radical (unpaired) electrons. The molecule has 3 rings (SSSR count). The number of benzene rings is 2. The van der Waals surface area contributed by atoms with Gasteiger partial charge in [-0.15, -0.1) is 0 Å². The Bertz CT molecular complexity index is 1300. The maximum Gasteiger partial charge on any atom is 0.393 e. The minimum Gasteiger partial charge on any atom is -0.324 e. The Hall–Kier alpha value is -2.59. The maximum atomic E-state index is 12.7. The van der Waals surface area contributed by atoms with Crippen molar-refractivity contribution < 1.29 is 26.4 Å². The number of hydrogen-bond acceptors (Lipinski definition) is 4. The van der Waals surface area contributed by atoms with Gasteiger partial charge in [0.1, 0.15) is 5.82 Å². The quantitative estimate of drug-likeness (QED) is 0.387. The predicted molar refractivity (Wildman–Crippen MR) is 126 cm³/mol. The van der Waals surface area contributed by atoms with Crippen LogP contribution in [0.4, 0.5) is 13.2 Å². The fourth-order valence-electron chi connectivity index (χ4n) is 3.61. The van der Waals surface area contributed by atoms with Crippen LogP contribution in [0.2, 0.25) is 5.02 Å². The number of amides is 1. The van der Waals surface area contributed by atoms with Crippen LogP contribution in [-0.4, -0.2) is 35.8 Å². The third-order valence-corrected chi connectivity index (χ3v) is 6.99. The summed E-state index contributed by atoms with van der Waals surface area (Å²) in [4.78, 5) is 17.0. The van der Waals surface area contributed by atoms with E-state index < -0.39 is 28.5 Å². The van der Waals surface area contributed by atoms with E-state index in [1.54, 1.807) is 17.6 Å². The van der Waals surface area contributed by atoms with Crippen LogP contribution in [0.5, 0.6) is 0 Å². The zero-order chi connectivity index (χ0) is 25.1. The number of halogens is 4. The summed E-state index contributed by atoms with van der Waals surface area (Å²) < 4.78 is 66.2. The molecule has 11 heteroatoms. The van der Waals surface area contributed by atoms with Gasteiger partial charge in [-0.2, -0.15) is 13.2 Å². The van der Waals surface area contributed by atoms with Gasteiger partial charge >= 0.3 is 6.18 Å². The molecule has 184 valence electrons. The number of alkyl halides is 3. The van der Waals surface area contributed by atoms with Crippen LogP contribution >= 0.6 is 11.6 Å². The van der Waals surface area contributed by atoms with Gasteiger partial charge in [0, 0.05) is 10.6 Å². The molecule has 0 saturated heterocycles. The summed E-state index contributed by atoms with van der Waals surface area (Å²) in [6.45, 7) is 3.92. The predicted octanol–water partition coefficient (Wildman–Crippen LogP) is 5.40. The molecule has 0 aliphatic rings. The fraction of sp³-hybridized carbons (Fsp3) is 0.391. The molecule has 1 aromatic heterocycles. The molecule has 1 amide bonds. The van der Waals surface area contributed by atoms with Crippen LogP contribution in [0.1, 0.15) is 53.5 Å². The zero-order valence-corrected chi connectivity index (χ0v) is 20.3. The van der Waals surface area contributed by atoms with E-state index in [1.165, 1.54) is 30.3 Å². The Labute approximate surface area is 201 Å². The van der Waals surface area contributed by atoms with E-state index in [-0.39, 0.29) is 28.4 Å². The number of fused-ring (bicyclic) bond motifs is 1. The number of nitrogens with one attached hydrogen (secondary N) is 1. The normalized spacial score (nSPS) is 12.3. The molecule has 0 bridgehead atoms. The molecule has 2 aromatic carbocycles. The van der Waals surface area contributed by atoms with Gasteiger partial charge in [-0.3, -0.25) is 4.79 Å². The number of unbranched alkanes of at least 4 members (excludes halogenated alkanes) is 2. The van der Waals surface area contributed by atoms with Crippen LogP contribution in [0, 0.1) is 6.92 Å². The van der Waals surface area contributed by atoms with E-state index in [1.807, 2.05) is 6.92 Å². The highest BCUT2D eigenvalue weighted by atomic mass is 35.5. The van der Waals surface area contributed by atoms with E-state index in [4.69, 9.17) is 11.6 Å². The lowest BCUT2D eigenvalue weighted by Gasteiger charge is -2.12. The van der Waals surface area contributed by atoms with E-state index >= 15 is 0 Å².